The van der Waals surface area contributed by atoms with Gasteiger partial charge in [-0.05, 0) is 64.1 Å². The molecule has 2 atom stereocenters. The number of rotatable bonds is 5. The Morgan fingerprint density at radius 1 is 1.00 bits per heavy atom. The third kappa shape index (κ3) is 7.38. The number of nitrogens with one attached hydrogen (secondary N) is 1. The maximum absolute atomic E-state index is 9.10. The number of aliphatic carboxylic acids is 2. The average Bonchev–Trinajstić information content (AvgIpc) is 2.71. The normalized spacial score (nSPS) is 21.0. The zero-order chi connectivity index (χ0) is 20.4. The molecule has 0 aromatic heterocycles. The molecule has 1 heterocycles. The molecule has 2 fully saturated rings. The molecule has 7 heteroatoms. The fraction of sp³-hybridized carbons (Fsp3) is 0.619. The molecule has 7 nitrogen and oxygen atoms in total. The van der Waals surface area contributed by atoms with E-state index in [0.29, 0.717) is 12.0 Å². The van der Waals surface area contributed by atoms with Crippen LogP contribution >= 0.6 is 0 Å². The summed E-state index contributed by atoms with van der Waals surface area (Å²) in [7, 11) is 0. The maximum Gasteiger partial charge on any atom is 0.414 e. The number of carboxylic acid groups (broad SMARTS) is 2. The van der Waals surface area contributed by atoms with Crippen LogP contribution in [0.3, 0.4) is 0 Å². The largest absolute Gasteiger partial charge is 0.487 e. The lowest BCUT2D eigenvalue weighted by Gasteiger charge is -2.30. The van der Waals surface area contributed by atoms with Gasteiger partial charge in [-0.25, -0.2) is 9.59 Å². The summed E-state index contributed by atoms with van der Waals surface area (Å²) in [4.78, 5) is 18.2. The SMILES string of the molecule is C[C@H](Oc1ccccc1OC1CCCCC1)[C@H]1CCCNC1.O=C(O)C(=O)O. The molecule has 156 valence electrons. The van der Waals surface area contributed by atoms with E-state index in [2.05, 4.69) is 18.3 Å². The second-order valence-electron chi connectivity index (χ2n) is 7.36. The number of para-hydroxylation sites is 2. The van der Waals surface area contributed by atoms with Crippen LogP contribution in [0, 0.1) is 5.92 Å². The average molecular weight is 393 g/mol. The summed E-state index contributed by atoms with van der Waals surface area (Å²) in [5.74, 6) is -1.22. The van der Waals surface area contributed by atoms with Crippen LogP contribution in [0.5, 0.6) is 11.5 Å². The minimum atomic E-state index is -1.82. The van der Waals surface area contributed by atoms with Gasteiger partial charge >= 0.3 is 11.9 Å². The fourth-order valence-corrected chi connectivity index (χ4v) is 3.58. The second kappa shape index (κ2) is 11.5. The molecular weight excluding hydrogens is 362 g/mol. The van der Waals surface area contributed by atoms with Crippen LogP contribution in [0.25, 0.3) is 0 Å². The predicted molar refractivity (Wildman–Crippen MR) is 105 cm³/mol. The lowest BCUT2D eigenvalue weighted by atomic mass is 9.94. The maximum atomic E-state index is 9.10. The van der Waals surface area contributed by atoms with Crippen LogP contribution in [-0.4, -0.2) is 47.4 Å². The van der Waals surface area contributed by atoms with Crippen molar-refractivity contribution in [2.45, 2.75) is 64.1 Å². The summed E-state index contributed by atoms with van der Waals surface area (Å²) in [6, 6.07) is 8.17. The van der Waals surface area contributed by atoms with E-state index in [4.69, 9.17) is 29.3 Å². The van der Waals surface area contributed by atoms with Gasteiger partial charge in [0.05, 0.1) is 6.10 Å². The molecule has 3 rings (SSSR count). The van der Waals surface area contributed by atoms with E-state index >= 15 is 0 Å². The Labute approximate surface area is 166 Å². The monoisotopic (exact) mass is 393 g/mol. The molecule has 0 unspecified atom stereocenters. The first-order chi connectivity index (χ1) is 13.5. The Kier molecular flexibility index (Phi) is 9.07. The highest BCUT2D eigenvalue weighted by Gasteiger charge is 2.23. The van der Waals surface area contributed by atoms with Crippen LogP contribution in [0.2, 0.25) is 0 Å². The number of hydrogen-bond donors (Lipinski definition) is 3. The van der Waals surface area contributed by atoms with Gasteiger partial charge < -0.3 is 25.0 Å². The number of ether oxygens (including phenoxy) is 2. The van der Waals surface area contributed by atoms with Crippen molar-refractivity contribution < 1.29 is 29.3 Å². The Balaban J connectivity index is 0.000000409. The van der Waals surface area contributed by atoms with Crippen molar-refractivity contribution in [2.75, 3.05) is 13.1 Å². The summed E-state index contributed by atoms with van der Waals surface area (Å²) in [5, 5.41) is 18.3. The van der Waals surface area contributed by atoms with Gasteiger partial charge in [0.25, 0.3) is 0 Å². The van der Waals surface area contributed by atoms with E-state index in [1.807, 2.05) is 18.2 Å². The van der Waals surface area contributed by atoms with Gasteiger partial charge in [0.15, 0.2) is 11.5 Å². The highest BCUT2D eigenvalue weighted by molar-refractivity contribution is 6.27. The number of hydrogen-bond acceptors (Lipinski definition) is 5. The standard InChI is InChI=1S/C19H29NO2.C2H2O4/c1-15(16-8-7-13-20-14-16)21-18-11-5-6-12-19(18)22-17-9-3-2-4-10-17;3-1(4)2(5)6/h5-6,11-12,15-17,20H,2-4,7-10,13-14H2,1H3;(H,3,4)(H,5,6)/t15-,16-;/m0./s1. The van der Waals surface area contributed by atoms with Gasteiger partial charge in [-0.3, -0.25) is 0 Å². The molecule has 0 radical (unpaired) electrons. The van der Waals surface area contributed by atoms with Gasteiger partial charge in [-0.1, -0.05) is 18.6 Å². The van der Waals surface area contributed by atoms with Crippen LogP contribution < -0.4 is 14.8 Å². The molecule has 2 aliphatic rings. The van der Waals surface area contributed by atoms with Crippen molar-refractivity contribution in [3.63, 3.8) is 0 Å². The van der Waals surface area contributed by atoms with E-state index in [0.717, 1.165) is 24.6 Å². The lowest BCUT2D eigenvalue weighted by Crippen LogP contribution is -2.38. The molecular formula is C21H31NO6. The Hall–Kier alpha value is -2.28. The van der Waals surface area contributed by atoms with E-state index in [9.17, 15) is 0 Å². The summed E-state index contributed by atoms with van der Waals surface area (Å²) < 4.78 is 12.5. The summed E-state index contributed by atoms with van der Waals surface area (Å²) in [6.07, 6.45) is 9.37. The van der Waals surface area contributed by atoms with Crippen LogP contribution in [0.1, 0.15) is 51.9 Å². The zero-order valence-corrected chi connectivity index (χ0v) is 16.4. The van der Waals surface area contributed by atoms with E-state index in [1.54, 1.807) is 0 Å². The second-order valence-corrected chi connectivity index (χ2v) is 7.36. The molecule has 1 aromatic carbocycles. The van der Waals surface area contributed by atoms with Gasteiger partial charge in [0.2, 0.25) is 0 Å². The molecule has 1 aliphatic carbocycles. The van der Waals surface area contributed by atoms with Crippen molar-refractivity contribution in [2.24, 2.45) is 5.92 Å². The van der Waals surface area contributed by atoms with Crippen molar-refractivity contribution >= 4 is 11.9 Å². The molecule has 1 aromatic rings. The summed E-state index contributed by atoms with van der Waals surface area (Å²) in [5.41, 5.74) is 0. The Morgan fingerprint density at radius 2 is 1.64 bits per heavy atom. The van der Waals surface area contributed by atoms with Gasteiger partial charge in [0.1, 0.15) is 6.10 Å². The highest BCUT2D eigenvalue weighted by Crippen LogP contribution is 2.32. The minimum Gasteiger partial charge on any atom is -0.487 e. The first-order valence-electron chi connectivity index (χ1n) is 10.1. The van der Waals surface area contributed by atoms with E-state index in [-0.39, 0.29) is 6.10 Å². The fourth-order valence-electron chi connectivity index (χ4n) is 3.58. The van der Waals surface area contributed by atoms with Gasteiger partial charge in [-0.2, -0.15) is 0 Å². The highest BCUT2D eigenvalue weighted by atomic mass is 16.5. The molecule has 0 amide bonds. The third-order valence-electron chi connectivity index (χ3n) is 5.19. The first kappa shape index (κ1) is 22.0. The number of carbonyl (C=O) groups is 2. The van der Waals surface area contributed by atoms with Crippen molar-refractivity contribution in [3.05, 3.63) is 24.3 Å². The quantitative estimate of drug-likeness (QED) is 0.659. The number of benzene rings is 1. The first-order valence-corrected chi connectivity index (χ1v) is 10.1. The van der Waals surface area contributed by atoms with Crippen molar-refractivity contribution in [1.29, 1.82) is 0 Å². The van der Waals surface area contributed by atoms with Crippen molar-refractivity contribution in [1.82, 2.24) is 5.32 Å². The predicted octanol–water partition coefficient (Wildman–Crippen LogP) is 3.32. The molecule has 0 bridgehead atoms. The molecule has 28 heavy (non-hydrogen) atoms. The summed E-state index contributed by atoms with van der Waals surface area (Å²) in [6.45, 7) is 4.40. The molecule has 1 saturated carbocycles. The van der Waals surface area contributed by atoms with Crippen LogP contribution in [0.15, 0.2) is 24.3 Å². The van der Waals surface area contributed by atoms with Gasteiger partial charge in [-0.15, -0.1) is 0 Å². The summed E-state index contributed by atoms with van der Waals surface area (Å²) >= 11 is 0. The molecule has 3 N–H and O–H groups in total. The smallest absolute Gasteiger partial charge is 0.414 e. The van der Waals surface area contributed by atoms with E-state index < -0.39 is 11.9 Å². The van der Waals surface area contributed by atoms with Crippen molar-refractivity contribution in [3.8, 4) is 11.5 Å². The van der Waals surface area contributed by atoms with Gasteiger partial charge in [0, 0.05) is 12.5 Å². The third-order valence-corrected chi connectivity index (χ3v) is 5.19. The van der Waals surface area contributed by atoms with Crippen LogP contribution in [0.4, 0.5) is 0 Å². The van der Waals surface area contributed by atoms with Crippen LogP contribution in [-0.2, 0) is 9.59 Å². The molecule has 1 aliphatic heterocycles. The Bertz CT molecular complexity index is 611. The number of piperidine rings is 1. The van der Waals surface area contributed by atoms with E-state index in [1.165, 1.54) is 44.9 Å². The zero-order valence-electron chi connectivity index (χ0n) is 16.4. The number of carboxylic acids is 2. The molecule has 0 spiro atoms. The minimum absolute atomic E-state index is 0.226. The lowest BCUT2D eigenvalue weighted by molar-refractivity contribution is -0.159. The Morgan fingerprint density at radius 3 is 2.21 bits per heavy atom. The topological polar surface area (TPSA) is 105 Å². The molecule has 1 saturated heterocycles.